The van der Waals surface area contributed by atoms with Gasteiger partial charge in [-0.25, -0.2) is 13.6 Å². The monoisotopic (exact) mass is 241 g/mol. The maximum Gasteiger partial charge on any atom is 0.235 e. The molecule has 0 heterocycles. The fourth-order valence-electron chi connectivity index (χ4n) is 2.03. The van der Waals surface area contributed by atoms with Gasteiger partial charge in [-0.2, -0.15) is 4.99 Å². The number of aromatic hydroxyl groups is 2. The smallest absolute Gasteiger partial charge is 0.235 e. The van der Waals surface area contributed by atoms with E-state index in [9.17, 15) is 23.8 Å². The van der Waals surface area contributed by atoms with Gasteiger partial charge in [-0.05, 0) is 19.3 Å². The standard InChI is InChI=1S/C11H9F2NO3/c12-9-6(16)4-7(17)10(13)8(9)11(14-5-15)2-1-3-11/h4,16-17H,1-3H2. The molecule has 0 bridgehead atoms. The van der Waals surface area contributed by atoms with Crippen LogP contribution < -0.4 is 0 Å². The van der Waals surface area contributed by atoms with Crippen molar-refractivity contribution >= 4 is 6.08 Å². The fraction of sp³-hybridized carbons (Fsp3) is 0.364. The maximum atomic E-state index is 13.7. The predicted octanol–water partition coefficient (Wildman–Crippen LogP) is 2.09. The molecule has 1 aliphatic rings. The van der Waals surface area contributed by atoms with Crippen LogP contribution in [0.1, 0.15) is 24.8 Å². The number of phenolic OH excluding ortho intramolecular Hbond substituents is 2. The summed E-state index contributed by atoms with van der Waals surface area (Å²) in [4.78, 5) is 13.7. The van der Waals surface area contributed by atoms with E-state index in [0.717, 1.165) is 0 Å². The molecule has 0 radical (unpaired) electrons. The number of aliphatic imine (C=N–C) groups is 1. The molecule has 0 spiro atoms. The highest BCUT2D eigenvalue weighted by molar-refractivity contribution is 5.47. The normalized spacial score (nSPS) is 17.1. The van der Waals surface area contributed by atoms with E-state index in [1.807, 2.05) is 0 Å². The first-order chi connectivity index (χ1) is 8.02. The number of carbonyl (C=O) groups excluding carboxylic acids is 1. The zero-order valence-electron chi connectivity index (χ0n) is 8.70. The van der Waals surface area contributed by atoms with Crippen LogP contribution >= 0.6 is 0 Å². The molecule has 2 rings (SSSR count). The first-order valence-electron chi connectivity index (χ1n) is 5.01. The zero-order chi connectivity index (χ0) is 12.6. The highest BCUT2D eigenvalue weighted by atomic mass is 19.1. The molecular formula is C11H9F2NO3. The van der Waals surface area contributed by atoms with Gasteiger partial charge in [0.15, 0.2) is 23.1 Å². The first-order valence-corrected chi connectivity index (χ1v) is 5.01. The summed E-state index contributed by atoms with van der Waals surface area (Å²) in [5.74, 6) is -4.13. The molecule has 1 aromatic rings. The number of isocyanates is 1. The summed E-state index contributed by atoms with van der Waals surface area (Å²) in [5.41, 5.74) is -1.91. The van der Waals surface area contributed by atoms with E-state index in [4.69, 9.17) is 0 Å². The lowest BCUT2D eigenvalue weighted by Gasteiger charge is -2.37. The van der Waals surface area contributed by atoms with Crippen molar-refractivity contribution in [2.75, 3.05) is 0 Å². The summed E-state index contributed by atoms with van der Waals surface area (Å²) in [6.45, 7) is 0. The van der Waals surface area contributed by atoms with Crippen LogP contribution in [0.3, 0.4) is 0 Å². The second kappa shape index (κ2) is 3.82. The third kappa shape index (κ3) is 1.57. The van der Waals surface area contributed by atoms with E-state index in [2.05, 4.69) is 4.99 Å². The highest BCUT2D eigenvalue weighted by Gasteiger charge is 2.44. The van der Waals surface area contributed by atoms with Crippen LogP contribution in [0.4, 0.5) is 8.78 Å². The van der Waals surface area contributed by atoms with E-state index in [1.54, 1.807) is 0 Å². The van der Waals surface area contributed by atoms with Crippen molar-refractivity contribution in [2.45, 2.75) is 24.8 Å². The van der Waals surface area contributed by atoms with Crippen molar-refractivity contribution in [1.82, 2.24) is 0 Å². The Morgan fingerprint density at radius 1 is 1.24 bits per heavy atom. The summed E-state index contributed by atoms with van der Waals surface area (Å²) in [7, 11) is 0. The Balaban J connectivity index is 2.69. The lowest BCUT2D eigenvalue weighted by Crippen LogP contribution is -2.34. The van der Waals surface area contributed by atoms with E-state index >= 15 is 0 Å². The Morgan fingerprint density at radius 2 is 1.76 bits per heavy atom. The van der Waals surface area contributed by atoms with E-state index in [1.165, 1.54) is 6.08 Å². The van der Waals surface area contributed by atoms with Gasteiger partial charge >= 0.3 is 0 Å². The van der Waals surface area contributed by atoms with E-state index in [0.29, 0.717) is 12.5 Å². The van der Waals surface area contributed by atoms with Crippen molar-refractivity contribution in [3.05, 3.63) is 23.3 Å². The lowest BCUT2D eigenvalue weighted by molar-refractivity contribution is 0.232. The fourth-order valence-corrected chi connectivity index (χ4v) is 2.03. The van der Waals surface area contributed by atoms with Crippen molar-refractivity contribution in [2.24, 2.45) is 4.99 Å². The summed E-state index contributed by atoms with van der Waals surface area (Å²) >= 11 is 0. The van der Waals surface area contributed by atoms with Gasteiger partial charge in [-0.3, -0.25) is 0 Å². The van der Waals surface area contributed by atoms with Gasteiger partial charge in [-0.1, -0.05) is 0 Å². The molecule has 0 aromatic heterocycles. The average molecular weight is 241 g/mol. The molecule has 0 saturated heterocycles. The van der Waals surface area contributed by atoms with Gasteiger partial charge < -0.3 is 10.2 Å². The van der Waals surface area contributed by atoms with Gasteiger partial charge in [0.1, 0.15) is 5.54 Å². The Morgan fingerprint density at radius 3 is 2.12 bits per heavy atom. The molecule has 0 atom stereocenters. The minimum atomic E-state index is -1.34. The number of phenols is 2. The van der Waals surface area contributed by atoms with Gasteiger partial charge in [0, 0.05) is 6.07 Å². The second-order valence-corrected chi connectivity index (χ2v) is 4.01. The van der Waals surface area contributed by atoms with Crippen LogP contribution in [-0.4, -0.2) is 16.3 Å². The van der Waals surface area contributed by atoms with Gasteiger partial charge in [-0.15, -0.1) is 0 Å². The number of halogens is 2. The molecular weight excluding hydrogens is 232 g/mol. The molecule has 1 fully saturated rings. The maximum absolute atomic E-state index is 13.7. The van der Waals surface area contributed by atoms with Gasteiger partial charge in [0.2, 0.25) is 6.08 Å². The summed E-state index contributed by atoms with van der Waals surface area (Å²) in [6, 6.07) is 0.575. The molecule has 1 aromatic carbocycles. The SMILES string of the molecule is O=C=NC1(c2c(F)c(O)cc(O)c2F)CCC1. The van der Waals surface area contributed by atoms with Crippen LogP contribution in [0.25, 0.3) is 0 Å². The Bertz CT molecular complexity index is 494. The van der Waals surface area contributed by atoms with E-state index in [-0.39, 0.29) is 12.8 Å². The molecule has 0 aliphatic heterocycles. The largest absolute Gasteiger partial charge is 0.505 e. The summed E-state index contributed by atoms with van der Waals surface area (Å²) < 4.78 is 27.4. The quantitative estimate of drug-likeness (QED) is 0.615. The number of hydrogen-bond donors (Lipinski definition) is 2. The van der Waals surface area contributed by atoms with Crippen molar-refractivity contribution in [3.8, 4) is 11.5 Å². The number of rotatable bonds is 2. The third-order valence-electron chi connectivity index (χ3n) is 3.07. The van der Waals surface area contributed by atoms with Crippen molar-refractivity contribution < 1.29 is 23.8 Å². The van der Waals surface area contributed by atoms with Crippen LogP contribution in [-0.2, 0) is 10.3 Å². The Hall–Kier alpha value is -1.94. The minimum absolute atomic E-state index is 0.277. The molecule has 4 nitrogen and oxygen atoms in total. The Kier molecular flexibility index (Phi) is 2.59. The summed E-state index contributed by atoms with van der Waals surface area (Å²) in [5, 5.41) is 18.4. The van der Waals surface area contributed by atoms with Crippen molar-refractivity contribution in [3.63, 3.8) is 0 Å². The topological polar surface area (TPSA) is 69.9 Å². The molecule has 2 N–H and O–H groups in total. The molecule has 90 valence electrons. The molecule has 0 unspecified atom stereocenters. The van der Waals surface area contributed by atoms with Gasteiger partial charge in [0.25, 0.3) is 0 Å². The highest BCUT2D eigenvalue weighted by Crippen LogP contribution is 2.49. The predicted molar refractivity (Wildman–Crippen MR) is 53.3 cm³/mol. The van der Waals surface area contributed by atoms with E-state index < -0.39 is 34.2 Å². The zero-order valence-corrected chi connectivity index (χ0v) is 8.70. The first kappa shape index (κ1) is 11.5. The minimum Gasteiger partial charge on any atom is -0.505 e. The van der Waals surface area contributed by atoms with Crippen LogP contribution in [0.15, 0.2) is 11.1 Å². The summed E-state index contributed by atoms with van der Waals surface area (Å²) in [6.07, 6.45) is 2.49. The molecule has 1 aliphatic carbocycles. The third-order valence-corrected chi connectivity index (χ3v) is 3.07. The average Bonchev–Trinajstić information content (AvgIpc) is 2.23. The van der Waals surface area contributed by atoms with Crippen LogP contribution in [0.2, 0.25) is 0 Å². The number of hydrogen-bond acceptors (Lipinski definition) is 4. The molecule has 1 saturated carbocycles. The molecule has 0 amide bonds. The van der Waals surface area contributed by atoms with Gasteiger partial charge in [0.05, 0.1) is 5.56 Å². The molecule has 6 heteroatoms. The second-order valence-electron chi connectivity index (χ2n) is 4.01. The number of nitrogens with zero attached hydrogens (tertiary/aromatic N) is 1. The molecule has 17 heavy (non-hydrogen) atoms. The van der Waals surface area contributed by atoms with Crippen LogP contribution in [0, 0.1) is 11.6 Å². The Labute approximate surface area is 95.2 Å². The number of benzene rings is 1. The lowest BCUT2D eigenvalue weighted by atomic mass is 9.72. The van der Waals surface area contributed by atoms with Crippen molar-refractivity contribution in [1.29, 1.82) is 0 Å². The van der Waals surface area contributed by atoms with Crippen LogP contribution in [0.5, 0.6) is 11.5 Å².